The van der Waals surface area contributed by atoms with Crippen molar-refractivity contribution in [3.8, 4) is 0 Å². The summed E-state index contributed by atoms with van der Waals surface area (Å²) >= 11 is 0. The number of nitrogens with two attached hydrogens (primary N) is 1. The third-order valence-electron chi connectivity index (χ3n) is 2.87. The maximum absolute atomic E-state index is 5.97. The van der Waals surface area contributed by atoms with Crippen LogP contribution < -0.4 is 11.1 Å². The molecule has 0 aliphatic carbocycles. The Morgan fingerprint density at radius 1 is 1.47 bits per heavy atom. The van der Waals surface area contributed by atoms with Crippen LogP contribution in [-0.2, 0) is 4.74 Å². The van der Waals surface area contributed by atoms with Crippen LogP contribution in [0.4, 0.5) is 11.4 Å². The van der Waals surface area contributed by atoms with Gasteiger partial charge in [0.05, 0.1) is 28.7 Å². The van der Waals surface area contributed by atoms with E-state index in [1.54, 1.807) is 13.3 Å². The standard InChI is InChI=1S/C12H18N4O/c1-12(2,17-3)7-14-11-5-10-8(4-9(11)13)6-15-16-10/h4-6,14H,7,13H2,1-3H3,(H,15,16). The first-order chi connectivity index (χ1) is 8.02. The zero-order chi connectivity index (χ0) is 12.5. The van der Waals surface area contributed by atoms with Crippen molar-refractivity contribution < 1.29 is 4.74 Å². The lowest BCUT2D eigenvalue weighted by molar-refractivity contribution is 0.0344. The summed E-state index contributed by atoms with van der Waals surface area (Å²) in [5, 5.41) is 11.2. The van der Waals surface area contributed by atoms with Crippen LogP contribution in [0.5, 0.6) is 0 Å². The van der Waals surface area contributed by atoms with Gasteiger partial charge >= 0.3 is 0 Å². The van der Waals surface area contributed by atoms with Crippen molar-refractivity contribution in [3.05, 3.63) is 18.3 Å². The Kier molecular flexibility index (Phi) is 2.93. The van der Waals surface area contributed by atoms with Crippen molar-refractivity contribution in [2.45, 2.75) is 19.4 Å². The average molecular weight is 234 g/mol. The van der Waals surface area contributed by atoms with Crippen LogP contribution in [0.2, 0.25) is 0 Å². The Morgan fingerprint density at radius 3 is 2.94 bits per heavy atom. The molecule has 5 nitrogen and oxygen atoms in total. The molecule has 1 heterocycles. The van der Waals surface area contributed by atoms with E-state index in [4.69, 9.17) is 10.5 Å². The highest BCUT2D eigenvalue weighted by molar-refractivity contribution is 5.88. The number of nitrogen functional groups attached to an aromatic ring is 1. The lowest BCUT2D eigenvalue weighted by atomic mass is 10.1. The van der Waals surface area contributed by atoms with Gasteiger partial charge in [0.1, 0.15) is 0 Å². The van der Waals surface area contributed by atoms with Crippen LogP contribution in [0, 0.1) is 0 Å². The molecule has 17 heavy (non-hydrogen) atoms. The summed E-state index contributed by atoms with van der Waals surface area (Å²) in [6.07, 6.45) is 1.76. The van der Waals surface area contributed by atoms with Gasteiger partial charge in [-0.05, 0) is 26.0 Å². The molecule has 1 aromatic heterocycles. The summed E-state index contributed by atoms with van der Waals surface area (Å²) < 4.78 is 5.35. The normalized spacial score (nSPS) is 11.9. The number of hydrogen-bond donors (Lipinski definition) is 3. The first-order valence-electron chi connectivity index (χ1n) is 5.53. The van der Waals surface area contributed by atoms with E-state index in [-0.39, 0.29) is 5.60 Å². The summed E-state index contributed by atoms with van der Waals surface area (Å²) in [6.45, 7) is 4.73. The highest BCUT2D eigenvalue weighted by Gasteiger charge is 2.16. The van der Waals surface area contributed by atoms with E-state index in [0.29, 0.717) is 12.2 Å². The summed E-state index contributed by atoms with van der Waals surface area (Å²) in [6, 6.07) is 3.87. The zero-order valence-corrected chi connectivity index (χ0v) is 10.4. The van der Waals surface area contributed by atoms with Gasteiger partial charge in [0.15, 0.2) is 0 Å². The Balaban J connectivity index is 2.20. The quantitative estimate of drug-likeness (QED) is 0.707. The Bertz CT molecular complexity index is 518. The molecule has 92 valence electrons. The fourth-order valence-corrected chi connectivity index (χ4v) is 1.54. The topological polar surface area (TPSA) is 76.0 Å². The zero-order valence-electron chi connectivity index (χ0n) is 10.4. The number of aromatic nitrogens is 2. The molecule has 4 N–H and O–H groups in total. The highest BCUT2D eigenvalue weighted by atomic mass is 16.5. The molecule has 0 aliphatic heterocycles. The van der Waals surface area contributed by atoms with E-state index in [0.717, 1.165) is 16.6 Å². The van der Waals surface area contributed by atoms with Gasteiger partial charge in [0.25, 0.3) is 0 Å². The molecular weight excluding hydrogens is 216 g/mol. The molecule has 5 heteroatoms. The van der Waals surface area contributed by atoms with Crippen LogP contribution in [0.1, 0.15) is 13.8 Å². The number of hydrogen-bond acceptors (Lipinski definition) is 4. The summed E-state index contributed by atoms with van der Waals surface area (Å²) in [5.74, 6) is 0. The second-order valence-electron chi connectivity index (χ2n) is 4.71. The van der Waals surface area contributed by atoms with Crippen molar-refractivity contribution >= 4 is 22.3 Å². The Hall–Kier alpha value is -1.75. The largest absolute Gasteiger partial charge is 0.397 e. The summed E-state index contributed by atoms with van der Waals surface area (Å²) in [4.78, 5) is 0. The summed E-state index contributed by atoms with van der Waals surface area (Å²) in [7, 11) is 1.70. The third kappa shape index (κ3) is 2.50. The molecule has 0 unspecified atom stereocenters. The summed E-state index contributed by atoms with van der Waals surface area (Å²) in [5.41, 5.74) is 8.32. The number of benzene rings is 1. The minimum atomic E-state index is -0.227. The van der Waals surface area contributed by atoms with Crippen molar-refractivity contribution in [1.82, 2.24) is 10.2 Å². The maximum Gasteiger partial charge on any atom is 0.0794 e. The van der Waals surface area contributed by atoms with Crippen LogP contribution in [0.15, 0.2) is 18.3 Å². The molecule has 0 atom stereocenters. The Morgan fingerprint density at radius 2 is 2.24 bits per heavy atom. The SMILES string of the molecule is COC(C)(C)CNc1cc2[nH]ncc2cc1N. The van der Waals surface area contributed by atoms with Crippen LogP contribution in [-0.4, -0.2) is 29.5 Å². The molecule has 0 saturated carbocycles. The lowest BCUT2D eigenvalue weighted by Gasteiger charge is -2.24. The van der Waals surface area contributed by atoms with E-state index in [9.17, 15) is 0 Å². The van der Waals surface area contributed by atoms with Crippen molar-refractivity contribution in [2.75, 3.05) is 24.7 Å². The third-order valence-corrected chi connectivity index (χ3v) is 2.87. The van der Waals surface area contributed by atoms with Gasteiger partial charge in [0.2, 0.25) is 0 Å². The Labute approximate surface area is 100 Å². The van der Waals surface area contributed by atoms with E-state index in [1.807, 2.05) is 26.0 Å². The fraction of sp³-hybridized carbons (Fsp3) is 0.417. The van der Waals surface area contributed by atoms with Crippen LogP contribution in [0.3, 0.4) is 0 Å². The molecule has 0 spiro atoms. The lowest BCUT2D eigenvalue weighted by Crippen LogP contribution is -2.32. The molecule has 2 aromatic rings. The van der Waals surface area contributed by atoms with Gasteiger partial charge in [-0.15, -0.1) is 0 Å². The van der Waals surface area contributed by atoms with Gasteiger partial charge in [0, 0.05) is 19.0 Å². The van der Waals surface area contributed by atoms with Crippen LogP contribution in [0.25, 0.3) is 10.9 Å². The van der Waals surface area contributed by atoms with Gasteiger partial charge in [-0.2, -0.15) is 5.10 Å². The van der Waals surface area contributed by atoms with Crippen molar-refractivity contribution in [1.29, 1.82) is 0 Å². The molecule has 1 aromatic carbocycles. The molecule has 0 radical (unpaired) electrons. The van der Waals surface area contributed by atoms with Crippen molar-refractivity contribution in [3.63, 3.8) is 0 Å². The fourth-order valence-electron chi connectivity index (χ4n) is 1.54. The molecule has 0 saturated heterocycles. The minimum Gasteiger partial charge on any atom is -0.397 e. The van der Waals surface area contributed by atoms with Gasteiger partial charge in [-0.3, -0.25) is 5.10 Å². The first kappa shape index (κ1) is 11.7. The highest BCUT2D eigenvalue weighted by Crippen LogP contribution is 2.25. The maximum atomic E-state index is 5.97. The predicted octanol–water partition coefficient (Wildman–Crippen LogP) is 1.98. The molecule has 0 fully saturated rings. The number of H-pyrrole nitrogens is 1. The number of methoxy groups -OCH3 is 1. The molecule has 0 bridgehead atoms. The van der Waals surface area contributed by atoms with Gasteiger partial charge < -0.3 is 15.8 Å². The van der Waals surface area contributed by atoms with E-state index in [2.05, 4.69) is 15.5 Å². The van der Waals surface area contributed by atoms with Crippen LogP contribution >= 0.6 is 0 Å². The number of ether oxygens (including phenoxy) is 1. The van der Waals surface area contributed by atoms with Gasteiger partial charge in [-0.1, -0.05) is 0 Å². The minimum absolute atomic E-state index is 0.227. The van der Waals surface area contributed by atoms with Crippen molar-refractivity contribution in [2.24, 2.45) is 0 Å². The van der Waals surface area contributed by atoms with Gasteiger partial charge in [-0.25, -0.2) is 0 Å². The number of fused-ring (bicyclic) bond motifs is 1. The smallest absolute Gasteiger partial charge is 0.0794 e. The molecule has 0 aliphatic rings. The molecular formula is C12H18N4O. The second-order valence-corrected chi connectivity index (χ2v) is 4.71. The molecule has 0 amide bonds. The second kappa shape index (κ2) is 4.25. The number of rotatable bonds is 4. The molecule has 2 rings (SSSR count). The average Bonchev–Trinajstić information content (AvgIpc) is 2.73. The number of nitrogens with one attached hydrogen (secondary N) is 2. The van der Waals surface area contributed by atoms with E-state index >= 15 is 0 Å². The van der Waals surface area contributed by atoms with E-state index < -0.39 is 0 Å². The first-order valence-corrected chi connectivity index (χ1v) is 5.53. The monoisotopic (exact) mass is 234 g/mol. The number of anilines is 2. The number of aromatic amines is 1. The van der Waals surface area contributed by atoms with E-state index in [1.165, 1.54) is 0 Å². The predicted molar refractivity (Wildman–Crippen MR) is 70.1 cm³/mol. The number of nitrogens with zero attached hydrogens (tertiary/aromatic N) is 1.